The fourth-order valence-corrected chi connectivity index (χ4v) is 15.0. The molecule has 0 spiro atoms. The number of nitrogens with one attached hydrogen (secondary N) is 1. The molecule has 17 unspecified atom stereocenters. The summed E-state index contributed by atoms with van der Waals surface area (Å²) in [4.78, 5) is 13.5. The molecule has 604 valence electrons. The molecule has 0 aliphatic carbocycles. The van der Waals surface area contributed by atoms with Gasteiger partial charge in [-0.05, 0) is 38.5 Å². The Hall–Kier alpha value is -1.47. The van der Waals surface area contributed by atoms with Gasteiger partial charge in [0.2, 0.25) is 5.91 Å². The quantitative estimate of drug-likeness (QED) is 0.0199. The van der Waals surface area contributed by atoms with Crippen LogP contribution in [0.15, 0.2) is 12.2 Å². The van der Waals surface area contributed by atoms with Crippen LogP contribution in [0.1, 0.15) is 380 Å². The van der Waals surface area contributed by atoms with Crippen molar-refractivity contribution in [3.8, 4) is 0 Å². The van der Waals surface area contributed by atoms with Gasteiger partial charge >= 0.3 is 0 Å². The molecular weight excluding hydrogens is 1300 g/mol. The Balaban J connectivity index is 1.34. The maximum absolute atomic E-state index is 13.5. The van der Waals surface area contributed by atoms with Crippen molar-refractivity contribution in [3.63, 3.8) is 0 Å². The minimum atomic E-state index is -1.97. The molecule has 17 atom stereocenters. The van der Waals surface area contributed by atoms with Gasteiger partial charge in [-0.25, -0.2) is 0 Å². The third kappa shape index (κ3) is 43.7. The molecule has 1 amide bonds. The van der Waals surface area contributed by atoms with Gasteiger partial charge in [0.05, 0.1) is 38.6 Å². The van der Waals surface area contributed by atoms with E-state index < -0.39 is 124 Å². The second kappa shape index (κ2) is 64.4. The van der Waals surface area contributed by atoms with Gasteiger partial charge in [0, 0.05) is 6.42 Å². The van der Waals surface area contributed by atoms with Crippen LogP contribution in [0, 0.1) is 0 Å². The molecule has 0 aromatic carbocycles. The smallest absolute Gasteiger partial charge is 0.220 e. The molecule has 102 heavy (non-hydrogen) atoms. The van der Waals surface area contributed by atoms with E-state index in [4.69, 9.17) is 28.4 Å². The number of hydrogen-bond donors (Lipinski definition) is 12. The number of carbonyl (C=O) groups is 1. The Labute approximate surface area is 620 Å². The molecule has 3 rings (SSSR count). The van der Waals surface area contributed by atoms with E-state index in [0.29, 0.717) is 12.8 Å². The number of carbonyl (C=O) groups excluding carboxylic acids is 1. The third-order valence-corrected chi connectivity index (χ3v) is 21.8. The van der Waals surface area contributed by atoms with Crippen LogP contribution >= 0.6 is 0 Å². The predicted octanol–water partition coefficient (Wildman–Crippen LogP) is 15.1. The van der Waals surface area contributed by atoms with Gasteiger partial charge in [0.25, 0.3) is 0 Å². The molecule has 3 fully saturated rings. The number of amides is 1. The fourth-order valence-electron chi connectivity index (χ4n) is 15.0. The van der Waals surface area contributed by atoms with Crippen LogP contribution in [-0.2, 0) is 33.2 Å². The number of hydrogen-bond acceptors (Lipinski definition) is 18. The van der Waals surface area contributed by atoms with Crippen molar-refractivity contribution in [2.75, 3.05) is 26.4 Å². The largest absolute Gasteiger partial charge is 0.394 e. The molecule has 3 heterocycles. The minimum absolute atomic E-state index is 0.234. The summed E-state index contributed by atoms with van der Waals surface area (Å²) in [5, 5.41) is 121. The summed E-state index contributed by atoms with van der Waals surface area (Å²) in [6.07, 6.45) is 50.2. The lowest BCUT2D eigenvalue weighted by Crippen LogP contribution is -2.66. The van der Waals surface area contributed by atoms with Crippen molar-refractivity contribution in [2.24, 2.45) is 0 Å². The molecule has 0 bridgehead atoms. The summed E-state index contributed by atoms with van der Waals surface area (Å²) >= 11 is 0. The van der Waals surface area contributed by atoms with Crippen LogP contribution in [0.5, 0.6) is 0 Å². The summed E-state index contributed by atoms with van der Waals surface area (Å²) in [5.74, 6) is -0.234. The van der Waals surface area contributed by atoms with Crippen LogP contribution < -0.4 is 5.32 Å². The standard InChI is InChI=1S/C83H159NO18/c1-3-5-7-9-11-13-15-17-19-21-23-25-27-29-31-32-33-35-36-38-40-42-44-46-48-50-52-54-56-58-60-67(88)66(84-71(89)61-59-57-55-53-51-49-47-45-43-41-39-37-34-30-28-26-24-22-20-18-16-14-12-10-8-6-4-2)65-97-81-77(95)74(92)79(69(63-86)99-81)102-83-78(96)75(93)80(70(64-87)100-83)101-82-76(94)73(91)72(90)68(62-85)98-82/h22,24,66-70,72-83,85-88,90-96H,3-21,23,25-65H2,1-2H3,(H,84,89)/b24-22-. The van der Waals surface area contributed by atoms with Gasteiger partial charge in [0.15, 0.2) is 18.9 Å². The zero-order valence-electron chi connectivity index (χ0n) is 64.9. The van der Waals surface area contributed by atoms with Gasteiger partial charge in [-0.3, -0.25) is 4.79 Å². The predicted molar refractivity (Wildman–Crippen MR) is 407 cm³/mol. The van der Waals surface area contributed by atoms with E-state index in [1.807, 2.05) is 0 Å². The van der Waals surface area contributed by atoms with E-state index in [1.165, 1.54) is 302 Å². The molecule has 0 aromatic rings. The lowest BCUT2D eigenvalue weighted by atomic mass is 9.96. The van der Waals surface area contributed by atoms with E-state index in [2.05, 4.69) is 31.3 Å². The molecule has 3 aliphatic heterocycles. The minimum Gasteiger partial charge on any atom is -0.394 e. The molecule has 3 aliphatic rings. The molecule has 19 nitrogen and oxygen atoms in total. The highest BCUT2D eigenvalue weighted by Gasteiger charge is 2.54. The second-order valence-electron chi connectivity index (χ2n) is 31.0. The maximum Gasteiger partial charge on any atom is 0.220 e. The summed E-state index contributed by atoms with van der Waals surface area (Å²) in [6.45, 7) is 1.87. The topological polar surface area (TPSA) is 307 Å². The number of ether oxygens (including phenoxy) is 6. The number of aliphatic hydroxyl groups excluding tert-OH is 11. The van der Waals surface area contributed by atoms with Crippen molar-refractivity contribution >= 4 is 5.91 Å². The molecule has 0 aromatic heterocycles. The van der Waals surface area contributed by atoms with E-state index in [1.54, 1.807) is 0 Å². The van der Waals surface area contributed by atoms with Crippen molar-refractivity contribution in [2.45, 2.75) is 484 Å². The lowest BCUT2D eigenvalue weighted by molar-refractivity contribution is -0.379. The average Bonchev–Trinajstić information content (AvgIpc) is 0.782. The number of allylic oxidation sites excluding steroid dienone is 2. The Bertz CT molecular complexity index is 1890. The lowest BCUT2D eigenvalue weighted by Gasteiger charge is -2.48. The first-order valence-electron chi connectivity index (χ1n) is 42.9. The van der Waals surface area contributed by atoms with Crippen molar-refractivity contribution in [1.82, 2.24) is 5.32 Å². The molecule has 3 saturated heterocycles. The van der Waals surface area contributed by atoms with Crippen LogP contribution in [0.3, 0.4) is 0 Å². The van der Waals surface area contributed by atoms with Gasteiger partial charge in [-0.15, -0.1) is 0 Å². The van der Waals surface area contributed by atoms with Gasteiger partial charge in [0.1, 0.15) is 73.2 Å². The van der Waals surface area contributed by atoms with Crippen LogP contribution in [0.2, 0.25) is 0 Å². The SMILES string of the molecule is CCCCCCCCCC/C=C\CCCCCCCCCCCCCCCCCC(=O)NC(COC1OC(CO)C(OC2OC(CO)C(OC3OC(CO)C(O)C(O)C3O)C(O)C2O)C(O)C1O)C(O)CCCCCCCCCCCCCCCCCCCCCCCCCCCCCCCC. The number of rotatable bonds is 70. The zero-order chi connectivity index (χ0) is 73.9. The summed E-state index contributed by atoms with van der Waals surface area (Å²) < 4.78 is 34.6. The Morgan fingerprint density at radius 1 is 0.343 bits per heavy atom. The van der Waals surface area contributed by atoms with Crippen LogP contribution in [0.4, 0.5) is 0 Å². The maximum atomic E-state index is 13.5. The normalized spacial score (nSPS) is 26.1. The van der Waals surface area contributed by atoms with Gasteiger partial charge < -0.3 is 89.9 Å². The number of aliphatic hydroxyl groups is 11. The first-order chi connectivity index (χ1) is 49.8. The molecule has 19 heteroatoms. The van der Waals surface area contributed by atoms with Crippen molar-refractivity contribution in [1.29, 1.82) is 0 Å². The van der Waals surface area contributed by atoms with E-state index in [0.717, 1.165) is 44.9 Å². The average molecular weight is 1460 g/mol. The highest BCUT2D eigenvalue weighted by Crippen LogP contribution is 2.34. The Morgan fingerprint density at radius 2 is 0.618 bits per heavy atom. The van der Waals surface area contributed by atoms with Gasteiger partial charge in [-0.1, -0.05) is 347 Å². The molecule has 12 N–H and O–H groups in total. The highest BCUT2D eigenvalue weighted by molar-refractivity contribution is 5.76. The van der Waals surface area contributed by atoms with E-state index >= 15 is 0 Å². The van der Waals surface area contributed by atoms with E-state index in [9.17, 15) is 61.0 Å². The molecular formula is C83H159NO18. The summed E-state index contributed by atoms with van der Waals surface area (Å²) in [5.41, 5.74) is 0. The van der Waals surface area contributed by atoms with Crippen LogP contribution in [0.25, 0.3) is 0 Å². The van der Waals surface area contributed by atoms with Crippen molar-refractivity contribution in [3.05, 3.63) is 12.2 Å². The number of unbranched alkanes of at least 4 members (excludes halogenated alkanes) is 52. The monoisotopic (exact) mass is 1460 g/mol. The van der Waals surface area contributed by atoms with E-state index in [-0.39, 0.29) is 18.9 Å². The molecule has 0 radical (unpaired) electrons. The summed E-state index contributed by atoms with van der Waals surface area (Å²) in [7, 11) is 0. The first-order valence-corrected chi connectivity index (χ1v) is 42.9. The van der Waals surface area contributed by atoms with Gasteiger partial charge in [-0.2, -0.15) is 0 Å². The molecule has 0 saturated carbocycles. The van der Waals surface area contributed by atoms with Crippen LogP contribution in [-0.4, -0.2) is 193 Å². The second-order valence-corrected chi connectivity index (χ2v) is 31.0. The zero-order valence-corrected chi connectivity index (χ0v) is 64.9. The third-order valence-electron chi connectivity index (χ3n) is 21.8. The van der Waals surface area contributed by atoms with Crippen molar-refractivity contribution < 1.29 is 89.4 Å². The Kier molecular flexibility index (Phi) is 59.8. The first kappa shape index (κ1) is 94.7. The highest BCUT2D eigenvalue weighted by atomic mass is 16.8. The fraction of sp³-hybridized carbons (Fsp3) is 0.964. The summed E-state index contributed by atoms with van der Waals surface area (Å²) in [6, 6.07) is -0.886. The Morgan fingerprint density at radius 3 is 0.951 bits per heavy atom.